The Morgan fingerprint density at radius 2 is 1.05 bits per heavy atom. The van der Waals surface area contributed by atoms with Crippen LogP contribution in [0, 0.1) is 11.8 Å². The first-order valence-corrected chi connectivity index (χ1v) is 21.8. The largest absolute Gasteiger partial charge is 0.453 e. The maximum atomic E-state index is 13.9. The summed E-state index contributed by atoms with van der Waals surface area (Å²) >= 11 is 0. The Labute approximate surface area is 362 Å². The third-order valence-corrected chi connectivity index (χ3v) is 13.1. The van der Waals surface area contributed by atoms with Gasteiger partial charge in [0.25, 0.3) is 0 Å². The Kier molecular flexibility index (Phi) is 11.9. The van der Waals surface area contributed by atoms with Crippen molar-refractivity contribution in [3.05, 3.63) is 94.9 Å². The molecule has 4 N–H and O–H groups in total. The summed E-state index contributed by atoms with van der Waals surface area (Å²) in [6, 6.07) is 10.8. The number of imidazole rings is 2. The number of nitrogens with one attached hydrogen (secondary N) is 4. The second-order valence-electron chi connectivity index (χ2n) is 18.0. The van der Waals surface area contributed by atoms with Gasteiger partial charge in [0.15, 0.2) is 0 Å². The van der Waals surface area contributed by atoms with E-state index in [0.29, 0.717) is 36.6 Å². The lowest BCUT2D eigenvalue weighted by molar-refractivity contribution is -0.135. The van der Waals surface area contributed by atoms with Gasteiger partial charge in [-0.3, -0.25) is 9.59 Å². The van der Waals surface area contributed by atoms with E-state index in [2.05, 4.69) is 63.1 Å². The Morgan fingerprint density at radius 1 is 0.629 bits per heavy atom. The maximum absolute atomic E-state index is 13.9. The lowest BCUT2D eigenvalue weighted by Crippen LogP contribution is -2.51. The van der Waals surface area contributed by atoms with Crippen molar-refractivity contribution in [3.63, 3.8) is 0 Å². The van der Waals surface area contributed by atoms with Crippen molar-refractivity contribution in [1.82, 2.24) is 40.4 Å². The third kappa shape index (κ3) is 8.02. The highest BCUT2D eigenvalue weighted by molar-refractivity contribution is 5.88. The molecular weight excluding hydrogens is 785 g/mol. The topological polar surface area (TPSA) is 175 Å². The second kappa shape index (κ2) is 17.3. The normalized spacial score (nSPS) is 21.4. The summed E-state index contributed by atoms with van der Waals surface area (Å²) in [5.41, 5.74) is 11.3. The van der Waals surface area contributed by atoms with E-state index in [1.54, 1.807) is 9.80 Å². The number of nitrogens with zero attached hydrogens (tertiary/aromatic N) is 4. The summed E-state index contributed by atoms with van der Waals surface area (Å²) < 4.78 is 9.63. The van der Waals surface area contributed by atoms with E-state index in [1.165, 1.54) is 43.8 Å². The van der Waals surface area contributed by atoms with E-state index in [-0.39, 0.29) is 29.7 Å². The van der Waals surface area contributed by atoms with Gasteiger partial charge in [0.2, 0.25) is 11.8 Å². The van der Waals surface area contributed by atoms with Crippen LogP contribution in [-0.4, -0.2) is 93.1 Å². The Morgan fingerprint density at radius 3 is 1.52 bits per heavy atom. The van der Waals surface area contributed by atoms with Crippen LogP contribution in [0.5, 0.6) is 0 Å². The van der Waals surface area contributed by atoms with Gasteiger partial charge in [-0.1, -0.05) is 87.4 Å². The number of carbonyl (C=O) groups excluding carboxylic acids is 4. The molecule has 2 aliphatic heterocycles. The number of alkyl carbamates (subject to hydrolysis) is 2. The van der Waals surface area contributed by atoms with E-state index < -0.39 is 30.3 Å². The van der Waals surface area contributed by atoms with Gasteiger partial charge >= 0.3 is 12.2 Å². The second-order valence-corrected chi connectivity index (χ2v) is 18.0. The molecule has 0 spiro atoms. The molecule has 1 saturated carbocycles. The molecule has 4 unspecified atom stereocenters. The van der Waals surface area contributed by atoms with Crippen LogP contribution in [0.25, 0.3) is 33.6 Å². The van der Waals surface area contributed by atoms with Crippen LogP contribution in [0.3, 0.4) is 0 Å². The molecule has 4 aromatic rings. The summed E-state index contributed by atoms with van der Waals surface area (Å²) in [6.07, 6.45) is 11.2. The molecule has 2 aromatic carbocycles. The summed E-state index contributed by atoms with van der Waals surface area (Å²) in [6.45, 7) is 12.5. The van der Waals surface area contributed by atoms with Crippen LogP contribution in [0.4, 0.5) is 9.59 Å². The van der Waals surface area contributed by atoms with E-state index >= 15 is 0 Å². The fraction of sp³-hybridized carbons (Fsp3) is 0.458. The van der Waals surface area contributed by atoms with Gasteiger partial charge < -0.3 is 39.9 Å². The van der Waals surface area contributed by atoms with Gasteiger partial charge in [-0.2, -0.15) is 0 Å². The zero-order valence-electron chi connectivity index (χ0n) is 36.9. The number of methoxy groups -OCH3 is 2. The van der Waals surface area contributed by atoms with Crippen LogP contribution in [0.15, 0.2) is 72.1 Å². The van der Waals surface area contributed by atoms with E-state index in [0.717, 1.165) is 52.1 Å². The molecular formula is C48H58N8O6. The number of hydrogen-bond donors (Lipinski definition) is 4. The molecule has 3 aliphatic carbocycles. The molecule has 0 radical (unpaired) electrons. The maximum Gasteiger partial charge on any atom is 0.407 e. The monoisotopic (exact) mass is 842 g/mol. The molecule has 5 aliphatic rings. The highest BCUT2D eigenvalue weighted by Crippen LogP contribution is 2.55. The van der Waals surface area contributed by atoms with Crippen LogP contribution < -0.4 is 10.6 Å². The lowest BCUT2D eigenvalue weighted by atomic mass is 9.64. The van der Waals surface area contributed by atoms with Crippen molar-refractivity contribution >= 4 is 24.0 Å². The van der Waals surface area contributed by atoms with Crippen LogP contribution in [0.2, 0.25) is 0 Å². The minimum atomic E-state index is -0.734. The first-order chi connectivity index (χ1) is 29.8. The number of aromatic nitrogens is 4. The van der Waals surface area contributed by atoms with Crippen molar-refractivity contribution in [2.75, 3.05) is 27.3 Å². The molecule has 2 aromatic heterocycles. The van der Waals surface area contributed by atoms with Crippen molar-refractivity contribution in [1.29, 1.82) is 0 Å². The lowest BCUT2D eigenvalue weighted by Gasteiger charge is -2.41. The van der Waals surface area contributed by atoms with Crippen molar-refractivity contribution in [3.8, 4) is 33.6 Å². The predicted molar refractivity (Wildman–Crippen MR) is 236 cm³/mol. The molecule has 4 atom stereocenters. The molecule has 4 heterocycles. The van der Waals surface area contributed by atoms with Crippen LogP contribution in [-0.2, 0) is 19.1 Å². The van der Waals surface area contributed by atoms with Crippen molar-refractivity contribution in [2.24, 2.45) is 11.8 Å². The van der Waals surface area contributed by atoms with Gasteiger partial charge in [0.05, 0.1) is 38.0 Å². The first kappa shape index (κ1) is 42.5. The number of aromatic amines is 2. The van der Waals surface area contributed by atoms with Crippen molar-refractivity contribution in [2.45, 2.75) is 103 Å². The Bertz CT molecular complexity index is 2420. The third-order valence-electron chi connectivity index (χ3n) is 13.1. The van der Waals surface area contributed by atoms with Gasteiger partial charge in [-0.15, -0.1) is 0 Å². The summed E-state index contributed by atoms with van der Waals surface area (Å²) in [5, 5.41) is 5.44. The predicted octanol–water partition coefficient (Wildman–Crippen LogP) is 8.31. The van der Waals surface area contributed by atoms with Gasteiger partial charge in [0, 0.05) is 18.7 Å². The fourth-order valence-corrected chi connectivity index (χ4v) is 9.96. The molecule has 62 heavy (non-hydrogen) atoms. The molecule has 9 rings (SSSR count). The zero-order chi connectivity index (χ0) is 44.0. The number of H-pyrrole nitrogens is 2. The molecule has 0 saturated heterocycles. The number of rotatable bonds is 11. The zero-order valence-corrected chi connectivity index (χ0v) is 36.9. The minimum absolute atomic E-state index is 0.137. The molecule has 2 bridgehead atoms. The first-order valence-electron chi connectivity index (χ1n) is 21.8. The summed E-state index contributed by atoms with van der Waals surface area (Å²) in [5.74, 6) is 1.63. The standard InChI is InChI=1S/C48H58N8O6/c1-25(2)41(53-47(59)61-7)45(57)55-23-27(5)19-37(55)43-49-21-35(51-43)30-11-9-29(10-12-30)33-17-18-34(40-32-15-13-31(14-16-32)39(33)40)36-22-50-44(52-36)38-20-28(6)24-56(38)46(58)42(26(3)4)54-48(60)62-8/h9-12,17-22,25-26,31-32,37-38,41-42H,13-16,23-24H2,1-8H3,(H,49,51)(H,50,52)(H,53,59)(H,54,60). The number of hydrogen-bond acceptors (Lipinski definition) is 8. The van der Waals surface area contributed by atoms with Gasteiger partial charge in [-0.05, 0) is 91.0 Å². The van der Waals surface area contributed by atoms with Crippen LogP contribution >= 0.6 is 0 Å². The van der Waals surface area contributed by atoms with Gasteiger partial charge in [-0.25, -0.2) is 19.6 Å². The van der Waals surface area contributed by atoms with Crippen molar-refractivity contribution < 1.29 is 28.7 Å². The fourth-order valence-electron chi connectivity index (χ4n) is 9.96. The number of carbonyl (C=O) groups is 4. The molecule has 326 valence electrons. The number of benzene rings is 2. The highest BCUT2D eigenvalue weighted by Gasteiger charge is 2.40. The van der Waals surface area contributed by atoms with E-state index in [4.69, 9.17) is 19.4 Å². The number of fused-ring (bicyclic) bond motifs is 2. The molecule has 14 nitrogen and oxygen atoms in total. The summed E-state index contributed by atoms with van der Waals surface area (Å²) in [4.78, 5) is 72.2. The van der Waals surface area contributed by atoms with Crippen LogP contribution in [0.1, 0.15) is 114 Å². The summed E-state index contributed by atoms with van der Waals surface area (Å²) in [7, 11) is 2.59. The number of ether oxygens (including phenoxy) is 2. The highest BCUT2D eigenvalue weighted by atomic mass is 16.5. The Balaban J connectivity index is 1.05. The molecule has 14 heteroatoms. The van der Waals surface area contributed by atoms with E-state index in [1.807, 2.05) is 60.0 Å². The molecule has 4 amide bonds. The number of amides is 4. The van der Waals surface area contributed by atoms with E-state index in [9.17, 15) is 19.2 Å². The average Bonchev–Trinajstić information content (AvgIpc) is 4.11. The Hall–Kier alpha value is -6.18. The SMILES string of the molecule is COC(=O)NC(C(=O)N1CC(C)=CC1c1ncc(-c2ccc(-c3ccc(-c4cnc(C5C=C(C)CN5C(=O)C(NC(=O)OC)C(C)C)[nH]4)c4c3C3CCC4CC3)cc2)[nH]1)C(C)C. The minimum Gasteiger partial charge on any atom is -0.453 e. The average molecular weight is 843 g/mol. The smallest absolute Gasteiger partial charge is 0.407 e. The van der Waals surface area contributed by atoms with Gasteiger partial charge in [0.1, 0.15) is 35.8 Å². The quantitative estimate of drug-likeness (QED) is 0.109. The molecule has 1 fully saturated rings.